The number of rotatable bonds is 7. The molecule has 1 heterocycles. The summed E-state index contributed by atoms with van der Waals surface area (Å²) in [5.41, 5.74) is 1.68. The Hall–Kier alpha value is -2.02. The lowest BCUT2D eigenvalue weighted by atomic mass is 10.1. The van der Waals surface area contributed by atoms with Gasteiger partial charge in [0.05, 0.1) is 11.4 Å². The Labute approximate surface area is 155 Å². The van der Waals surface area contributed by atoms with Crippen LogP contribution in [0.3, 0.4) is 0 Å². The van der Waals surface area contributed by atoms with Crippen molar-refractivity contribution in [3.63, 3.8) is 0 Å². The van der Waals surface area contributed by atoms with Gasteiger partial charge in [0.2, 0.25) is 10.0 Å². The number of Topliss-reactive ketones (excluding diaryl/α,β-unsaturated/α-hetero) is 1. The van der Waals surface area contributed by atoms with Gasteiger partial charge >= 0.3 is 0 Å². The molecule has 0 amide bonds. The van der Waals surface area contributed by atoms with Crippen LogP contribution in [0, 0.1) is 0 Å². The van der Waals surface area contributed by atoms with E-state index in [1.54, 1.807) is 12.1 Å². The van der Waals surface area contributed by atoms with Crippen molar-refractivity contribution in [2.75, 3.05) is 26.7 Å². The Morgan fingerprint density at radius 3 is 2.23 bits per heavy atom. The number of hydrogen-bond acceptors (Lipinski definition) is 4. The molecule has 1 saturated heterocycles. The normalized spacial score (nSPS) is 15.5. The van der Waals surface area contributed by atoms with Crippen LogP contribution in [-0.4, -0.2) is 50.1 Å². The molecule has 0 unspecified atom stereocenters. The van der Waals surface area contributed by atoms with Crippen molar-refractivity contribution in [2.24, 2.45) is 0 Å². The van der Waals surface area contributed by atoms with Gasteiger partial charge in [0.25, 0.3) is 0 Å². The molecular weight excluding hydrogens is 348 g/mol. The molecule has 1 fully saturated rings. The molecule has 0 aromatic heterocycles. The fourth-order valence-electron chi connectivity index (χ4n) is 3.18. The van der Waals surface area contributed by atoms with Crippen LogP contribution >= 0.6 is 0 Å². The van der Waals surface area contributed by atoms with Crippen molar-refractivity contribution in [3.05, 3.63) is 65.7 Å². The number of nitrogens with zero attached hydrogens (tertiary/aromatic N) is 2. The monoisotopic (exact) mass is 372 g/mol. The summed E-state index contributed by atoms with van der Waals surface area (Å²) >= 11 is 0. The number of hydrogen-bond donors (Lipinski definition) is 0. The lowest BCUT2D eigenvalue weighted by Crippen LogP contribution is -2.28. The number of carbonyl (C=O) groups is 1. The van der Waals surface area contributed by atoms with Gasteiger partial charge < -0.3 is 0 Å². The van der Waals surface area contributed by atoms with E-state index in [9.17, 15) is 13.2 Å². The van der Waals surface area contributed by atoms with Crippen molar-refractivity contribution in [1.29, 1.82) is 0 Å². The molecule has 0 spiro atoms. The highest BCUT2D eigenvalue weighted by atomic mass is 32.2. The molecule has 1 aliphatic rings. The predicted octanol–water partition coefficient (Wildman–Crippen LogP) is 2.79. The van der Waals surface area contributed by atoms with E-state index in [2.05, 4.69) is 0 Å². The lowest BCUT2D eigenvalue weighted by molar-refractivity contribution is 0.0943. The summed E-state index contributed by atoms with van der Waals surface area (Å²) in [4.78, 5) is 14.7. The summed E-state index contributed by atoms with van der Waals surface area (Å²) in [7, 11) is -1.53. The van der Waals surface area contributed by atoms with E-state index in [-0.39, 0.29) is 17.2 Å². The molecule has 26 heavy (non-hydrogen) atoms. The number of carbonyl (C=O) groups excluding carboxylic acids is 1. The van der Waals surface area contributed by atoms with Crippen molar-refractivity contribution in [3.8, 4) is 0 Å². The summed E-state index contributed by atoms with van der Waals surface area (Å²) < 4.78 is 26.6. The van der Waals surface area contributed by atoms with E-state index in [4.69, 9.17) is 0 Å². The van der Waals surface area contributed by atoms with Gasteiger partial charge in [-0.15, -0.1) is 0 Å². The van der Waals surface area contributed by atoms with E-state index in [1.807, 2.05) is 42.3 Å². The Balaban J connectivity index is 1.63. The average molecular weight is 372 g/mol. The van der Waals surface area contributed by atoms with Gasteiger partial charge in [0, 0.05) is 25.2 Å². The fraction of sp³-hybridized carbons (Fsp3) is 0.350. The molecule has 0 radical (unpaired) electrons. The van der Waals surface area contributed by atoms with Crippen LogP contribution in [0.5, 0.6) is 0 Å². The summed E-state index contributed by atoms with van der Waals surface area (Å²) in [5.74, 6) is -0.0199. The highest BCUT2D eigenvalue weighted by molar-refractivity contribution is 7.89. The molecule has 6 heteroatoms. The van der Waals surface area contributed by atoms with Crippen LogP contribution < -0.4 is 0 Å². The molecule has 0 bridgehead atoms. The van der Waals surface area contributed by atoms with Crippen molar-refractivity contribution < 1.29 is 13.2 Å². The number of sulfonamides is 1. The Morgan fingerprint density at radius 1 is 1.00 bits per heavy atom. The fourth-order valence-corrected chi connectivity index (χ4v) is 4.69. The van der Waals surface area contributed by atoms with Crippen LogP contribution in [0.2, 0.25) is 0 Å². The largest absolute Gasteiger partial charge is 0.295 e. The first-order valence-corrected chi connectivity index (χ1v) is 10.3. The van der Waals surface area contributed by atoms with Crippen LogP contribution in [0.25, 0.3) is 0 Å². The molecule has 138 valence electrons. The third kappa shape index (κ3) is 4.38. The smallest absolute Gasteiger partial charge is 0.243 e. The van der Waals surface area contributed by atoms with E-state index < -0.39 is 10.0 Å². The van der Waals surface area contributed by atoms with Crippen LogP contribution in [0.4, 0.5) is 0 Å². The Morgan fingerprint density at radius 2 is 1.62 bits per heavy atom. The maximum absolute atomic E-state index is 12.5. The molecule has 0 aliphatic carbocycles. The van der Waals surface area contributed by atoms with Gasteiger partial charge in [-0.05, 0) is 37.6 Å². The van der Waals surface area contributed by atoms with Crippen molar-refractivity contribution in [2.45, 2.75) is 24.3 Å². The summed E-state index contributed by atoms with van der Waals surface area (Å²) in [6.45, 7) is 2.13. The average Bonchev–Trinajstić information content (AvgIpc) is 3.18. The summed E-state index contributed by atoms with van der Waals surface area (Å²) in [6, 6.07) is 16.3. The highest BCUT2D eigenvalue weighted by Gasteiger charge is 2.27. The zero-order valence-corrected chi connectivity index (χ0v) is 15.8. The van der Waals surface area contributed by atoms with Crippen LogP contribution in [0.15, 0.2) is 59.5 Å². The molecule has 1 aliphatic heterocycles. The van der Waals surface area contributed by atoms with E-state index in [0.717, 1.165) is 18.4 Å². The topological polar surface area (TPSA) is 57.7 Å². The van der Waals surface area contributed by atoms with Crippen LogP contribution in [0.1, 0.15) is 28.8 Å². The van der Waals surface area contributed by atoms with Gasteiger partial charge in [-0.25, -0.2) is 8.42 Å². The third-order valence-electron chi connectivity index (χ3n) is 4.59. The van der Waals surface area contributed by atoms with Crippen LogP contribution in [-0.2, 0) is 16.6 Å². The molecular formula is C20H24N2O3S. The standard InChI is InChI=1S/C20H24N2O3S/c1-21(15-17-7-3-2-4-8-17)16-20(23)18-9-11-19(12-10-18)26(24,25)22-13-5-6-14-22/h2-4,7-12H,5-6,13-16H2,1H3. The van der Waals surface area contributed by atoms with Crippen molar-refractivity contribution >= 4 is 15.8 Å². The molecule has 5 nitrogen and oxygen atoms in total. The first kappa shape index (κ1) is 18.8. The van der Waals surface area contributed by atoms with Gasteiger partial charge in [-0.1, -0.05) is 42.5 Å². The summed E-state index contributed by atoms with van der Waals surface area (Å²) in [6.07, 6.45) is 1.81. The SMILES string of the molecule is CN(CC(=O)c1ccc(S(=O)(=O)N2CCCC2)cc1)Cc1ccccc1. The molecule has 0 atom stereocenters. The molecule has 2 aromatic carbocycles. The second-order valence-corrected chi connectivity index (χ2v) is 8.65. The van der Waals surface area contributed by atoms with Gasteiger partial charge in [-0.3, -0.25) is 9.69 Å². The van der Waals surface area contributed by atoms with E-state index in [1.165, 1.54) is 16.4 Å². The first-order valence-electron chi connectivity index (χ1n) is 8.83. The highest BCUT2D eigenvalue weighted by Crippen LogP contribution is 2.21. The summed E-state index contributed by atoms with van der Waals surface area (Å²) in [5, 5.41) is 0. The Kier molecular flexibility index (Phi) is 5.86. The molecule has 0 N–H and O–H groups in total. The minimum absolute atomic E-state index is 0.0199. The third-order valence-corrected chi connectivity index (χ3v) is 6.50. The minimum atomic E-state index is -3.43. The second kappa shape index (κ2) is 8.12. The quantitative estimate of drug-likeness (QED) is 0.702. The van der Waals surface area contributed by atoms with Gasteiger partial charge in [0.1, 0.15) is 0 Å². The maximum atomic E-state index is 12.5. The number of benzene rings is 2. The number of ketones is 1. The molecule has 2 aromatic rings. The minimum Gasteiger partial charge on any atom is -0.295 e. The van der Waals surface area contributed by atoms with Gasteiger partial charge in [-0.2, -0.15) is 4.31 Å². The van der Waals surface area contributed by atoms with Gasteiger partial charge in [0.15, 0.2) is 5.78 Å². The zero-order valence-electron chi connectivity index (χ0n) is 15.0. The van der Waals surface area contributed by atoms with Crippen molar-refractivity contribution in [1.82, 2.24) is 9.21 Å². The Bertz CT molecular complexity index is 842. The lowest BCUT2D eigenvalue weighted by Gasteiger charge is -2.17. The maximum Gasteiger partial charge on any atom is 0.243 e. The zero-order chi connectivity index (χ0) is 18.6. The predicted molar refractivity (Wildman–Crippen MR) is 102 cm³/mol. The number of likely N-dealkylation sites (N-methyl/N-ethyl adjacent to an activating group) is 1. The van der Waals surface area contributed by atoms with E-state index in [0.29, 0.717) is 25.2 Å². The second-order valence-electron chi connectivity index (χ2n) is 6.72. The molecule has 3 rings (SSSR count). The van der Waals surface area contributed by atoms with E-state index >= 15 is 0 Å². The molecule has 0 saturated carbocycles. The first-order chi connectivity index (χ1) is 12.5.